The van der Waals surface area contributed by atoms with Crippen molar-refractivity contribution < 1.29 is 4.79 Å². The van der Waals surface area contributed by atoms with Gasteiger partial charge in [0.1, 0.15) is 0 Å². The van der Waals surface area contributed by atoms with Gasteiger partial charge >= 0.3 is 0 Å². The maximum Gasteiger partial charge on any atom is 0.222 e. The summed E-state index contributed by atoms with van der Waals surface area (Å²) in [5.41, 5.74) is 2.09. The maximum atomic E-state index is 12.5. The Balaban J connectivity index is 1.64. The van der Waals surface area contributed by atoms with Crippen LogP contribution in [0.5, 0.6) is 0 Å². The van der Waals surface area contributed by atoms with Gasteiger partial charge in [0, 0.05) is 31.1 Å². The Morgan fingerprint density at radius 3 is 2.76 bits per heavy atom. The fraction of sp³-hybridized carbons (Fsp3) is 0.750. The molecule has 1 spiro atoms. The highest BCUT2D eigenvalue weighted by molar-refractivity contribution is 5.77. The van der Waals surface area contributed by atoms with Gasteiger partial charge in [0.05, 0.1) is 24.1 Å². The van der Waals surface area contributed by atoms with E-state index in [2.05, 4.69) is 28.7 Å². The summed E-state index contributed by atoms with van der Waals surface area (Å²) < 4.78 is 0. The van der Waals surface area contributed by atoms with Crippen molar-refractivity contribution in [3.8, 4) is 0 Å². The van der Waals surface area contributed by atoms with E-state index in [1.807, 2.05) is 11.8 Å². The predicted molar refractivity (Wildman–Crippen MR) is 99.0 cm³/mol. The van der Waals surface area contributed by atoms with Gasteiger partial charge in [0.15, 0.2) is 0 Å². The number of nitrogens with zero attached hydrogens (tertiary/aromatic N) is 4. The predicted octanol–water partition coefficient (Wildman–Crippen LogP) is 3.04. The zero-order valence-electron chi connectivity index (χ0n) is 16.0. The second-order valence-corrected chi connectivity index (χ2v) is 8.46. The van der Waals surface area contributed by atoms with Crippen LogP contribution in [0.25, 0.3) is 0 Å². The van der Waals surface area contributed by atoms with E-state index in [0.717, 1.165) is 36.8 Å². The molecule has 2 saturated heterocycles. The summed E-state index contributed by atoms with van der Waals surface area (Å²) in [4.78, 5) is 25.9. The summed E-state index contributed by atoms with van der Waals surface area (Å²) >= 11 is 0. The summed E-state index contributed by atoms with van der Waals surface area (Å²) in [6.45, 7) is 11.5. The van der Waals surface area contributed by atoms with Gasteiger partial charge in [-0.3, -0.25) is 14.8 Å². The lowest BCUT2D eigenvalue weighted by atomic mass is 9.73. The molecule has 138 valence electrons. The van der Waals surface area contributed by atoms with Crippen molar-refractivity contribution in [1.29, 1.82) is 0 Å². The van der Waals surface area contributed by atoms with Crippen LogP contribution in [0.1, 0.15) is 57.3 Å². The summed E-state index contributed by atoms with van der Waals surface area (Å²) in [5, 5.41) is 0. The van der Waals surface area contributed by atoms with Crippen molar-refractivity contribution in [2.45, 2.75) is 59.4 Å². The van der Waals surface area contributed by atoms with Gasteiger partial charge < -0.3 is 9.80 Å². The number of aromatic nitrogens is 2. The number of likely N-dealkylation sites (tertiary alicyclic amines) is 2. The maximum absolute atomic E-state index is 12.5. The molecule has 25 heavy (non-hydrogen) atoms. The van der Waals surface area contributed by atoms with E-state index in [1.165, 1.54) is 32.4 Å². The van der Waals surface area contributed by atoms with E-state index in [9.17, 15) is 4.79 Å². The highest BCUT2D eigenvalue weighted by Crippen LogP contribution is 2.39. The molecular formula is C20H32N4O. The third kappa shape index (κ3) is 4.78. The Bertz CT molecular complexity index is 586. The topological polar surface area (TPSA) is 49.3 Å². The fourth-order valence-electron chi connectivity index (χ4n) is 4.22. The fourth-order valence-corrected chi connectivity index (χ4v) is 4.22. The molecule has 0 unspecified atom stereocenters. The number of carbonyl (C=O) groups excluding carboxylic acids is 1. The van der Waals surface area contributed by atoms with Crippen molar-refractivity contribution in [2.24, 2.45) is 11.3 Å². The molecule has 5 heteroatoms. The lowest BCUT2D eigenvalue weighted by Gasteiger charge is -2.48. The Hall–Kier alpha value is -1.49. The van der Waals surface area contributed by atoms with E-state index < -0.39 is 0 Å². The summed E-state index contributed by atoms with van der Waals surface area (Å²) in [6, 6.07) is 0. The Kier molecular flexibility index (Phi) is 5.72. The van der Waals surface area contributed by atoms with Crippen LogP contribution in [0.15, 0.2) is 12.4 Å². The minimum Gasteiger partial charge on any atom is -0.336 e. The first-order chi connectivity index (χ1) is 12.0. The highest BCUT2D eigenvalue weighted by Gasteiger charge is 2.41. The van der Waals surface area contributed by atoms with Crippen molar-refractivity contribution in [3.63, 3.8) is 0 Å². The molecule has 0 aliphatic carbocycles. The SMILES string of the molecule is Cc1cnc(CN2C[C@@]3(CCCN(CCC(C)C)C3)CCC2=O)cn1. The molecule has 2 aliphatic heterocycles. The average molecular weight is 345 g/mol. The first kappa shape index (κ1) is 18.3. The molecule has 5 nitrogen and oxygen atoms in total. The summed E-state index contributed by atoms with van der Waals surface area (Å²) in [5.74, 6) is 1.02. The molecule has 0 saturated carbocycles. The molecule has 3 heterocycles. The van der Waals surface area contributed by atoms with Crippen molar-refractivity contribution in [2.75, 3.05) is 26.2 Å². The minimum absolute atomic E-state index is 0.271. The smallest absolute Gasteiger partial charge is 0.222 e. The average Bonchev–Trinajstić information content (AvgIpc) is 2.59. The molecule has 2 aliphatic rings. The van der Waals surface area contributed by atoms with Crippen LogP contribution in [0, 0.1) is 18.3 Å². The highest BCUT2D eigenvalue weighted by atomic mass is 16.2. The van der Waals surface area contributed by atoms with Gasteiger partial charge in [-0.25, -0.2) is 0 Å². The van der Waals surface area contributed by atoms with Gasteiger partial charge in [-0.1, -0.05) is 13.8 Å². The van der Waals surface area contributed by atoms with Crippen LogP contribution < -0.4 is 0 Å². The Morgan fingerprint density at radius 2 is 2.04 bits per heavy atom. The third-order valence-electron chi connectivity index (χ3n) is 5.70. The van der Waals surface area contributed by atoms with Gasteiger partial charge in [-0.2, -0.15) is 0 Å². The number of carbonyl (C=O) groups is 1. The van der Waals surface area contributed by atoms with Crippen LogP contribution in [-0.2, 0) is 11.3 Å². The van der Waals surface area contributed by atoms with E-state index in [0.29, 0.717) is 13.0 Å². The second kappa shape index (κ2) is 7.81. The molecule has 2 fully saturated rings. The van der Waals surface area contributed by atoms with E-state index in [-0.39, 0.29) is 11.3 Å². The lowest BCUT2D eigenvalue weighted by molar-refractivity contribution is -0.140. The lowest BCUT2D eigenvalue weighted by Crippen LogP contribution is -2.53. The van der Waals surface area contributed by atoms with Crippen molar-refractivity contribution >= 4 is 5.91 Å². The summed E-state index contributed by atoms with van der Waals surface area (Å²) in [7, 11) is 0. The van der Waals surface area contributed by atoms with Crippen LogP contribution in [0.2, 0.25) is 0 Å². The van der Waals surface area contributed by atoms with Crippen LogP contribution in [0.3, 0.4) is 0 Å². The number of hydrogen-bond donors (Lipinski definition) is 0. The normalized spacial score (nSPS) is 25.1. The molecule has 1 aromatic heterocycles. The molecular weight excluding hydrogens is 312 g/mol. The third-order valence-corrected chi connectivity index (χ3v) is 5.70. The van der Waals surface area contributed by atoms with Crippen molar-refractivity contribution in [1.82, 2.24) is 19.8 Å². The first-order valence-corrected chi connectivity index (χ1v) is 9.73. The van der Waals surface area contributed by atoms with Crippen LogP contribution in [-0.4, -0.2) is 51.9 Å². The molecule has 1 amide bonds. The monoisotopic (exact) mass is 344 g/mol. The molecule has 1 aromatic rings. The van der Waals surface area contributed by atoms with E-state index in [1.54, 1.807) is 12.4 Å². The quantitative estimate of drug-likeness (QED) is 0.824. The molecule has 3 rings (SSSR count). The Labute approximate surface area is 151 Å². The van der Waals surface area contributed by atoms with Gasteiger partial charge in [-0.05, 0) is 51.6 Å². The molecule has 0 aromatic carbocycles. The number of rotatable bonds is 5. The Morgan fingerprint density at radius 1 is 1.20 bits per heavy atom. The largest absolute Gasteiger partial charge is 0.336 e. The van der Waals surface area contributed by atoms with E-state index >= 15 is 0 Å². The number of amides is 1. The molecule has 0 bridgehead atoms. The molecule has 0 N–H and O–H groups in total. The van der Waals surface area contributed by atoms with E-state index in [4.69, 9.17) is 0 Å². The zero-order chi connectivity index (χ0) is 17.9. The van der Waals surface area contributed by atoms with Gasteiger partial charge in [-0.15, -0.1) is 0 Å². The zero-order valence-corrected chi connectivity index (χ0v) is 16.0. The standard InChI is InChI=1S/C20H32N4O/c1-16(2)6-10-23-9-4-7-20(14-23)8-5-19(25)24(15-20)13-18-12-21-17(3)11-22-18/h11-12,16H,4-10,13-15H2,1-3H3/t20-/m0/s1. The van der Waals surface area contributed by atoms with Crippen molar-refractivity contribution in [3.05, 3.63) is 23.8 Å². The van der Waals surface area contributed by atoms with Crippen LogP contribution in [0.4, 0.5) is 0 Å². The first-order valence-electron chi connectivity index (χ1n) is 9.73. The number of hydrogen-bond acceptors (Lipinski definition) is 4. The van der Waals surface area contributed by atoms with Gasteiger partial charge in [0.25, 0.3) is 0 Å². The molecule has 0 radical (unpaired) electrons. The molecule has 1 atom stereocenters. The summed E-state index contributed by atoms with van der Waals surface area (Å²) in [6.07, 6.45) is 9.07. The number of aryl methyl sites for hydroxylation is 1. The second-order valence-electron chi connectivity index (χ2n) is 8.46. The van der Waals surface area contributed by atoms with Crippen LogP contribution >= 0.6 is 0 Å². The minimum atomic E-state index is 0.271. The van der Waals surface area contributed by atoms with Gasteiger partial charge in [0.2, 0.25) is 5.91 Å². The number of piperidine rings is 2.